The summed E-state index contributed by atoms with van der Waals surface area (Å²) < 4.78 is 1.03. The molecule has 0 bridgehead atoms. The Morgan fingerprint density at radius 2 is 2.00 bits per heavy atom. The van der Waals surface area contributed by atoms with Crippen molar-refractivity contribution < 1.29 is 4.74 Å². The summed E-state index contributed by atoms with van der Waals surface area (Å²) in [7, 11) is 0. The monoisotopic (exact) mass is 161 g/mol. The smallest absolute Gasteiger partial charge is 0.158 e. The SMILES string of the molecule is [O-][N+]1=CC(c2ccccc2)CC1. The Kier molecular flexibility index (Phi) is 1.82. The quantitative estimate of drug-likeness (QED) is 0.455. The Hall–Kier alpha value is -1.31. The molecule has 0 spiro atoms. The van der Waals surface area contributed by atoms with Crippen molar-refractivity contribution in [3.8, 4) is 0 Å². The van der Waals surface area contributed by atoms with Crippen LogP contribution in [-0.2, 0) is 0 Å². The Labute approximate surface area is 71.7 Å². The van der Waals surface area contributed by atoms with E-state index in [0.29, 0.717) is 12.5 Å². The Morgan fingerprint density at radius 1 is 1.25 bits per heavy atom. The zero-order chi connectivity index (χ0) is 8.39. The summed E-state index contributed by atoms with van der Waals surface area (Å²) >= 11 is 0. The summed E-state index contributed by atoms with van der Waals surface area (Å²) in [5, 5.41) is 10.9. The molecule has 1 atom stereocenters. The number of benzene rings is 1. The molecule has 2 heteroatoms. The molecule has 0 amide bonds. The van der Waals surface area contributed by atoms with Crippen molar-refractivity contribution in [3.63, 3.8) is 0 Å². The van der Waals surface area contributed by atoms with Crippen LogP contribution in [0, 0.1) is 5.21 Å². The fourth-order valence-corrected chi connectivity index (χ4v) is 1.57. The molecular weight excluding hydrogens is 150 g/mol. The highest BCUT2D eigenvalue weighted by Crippen LogP contribution is 2.20. The lowest BCUT2D eigenvalue weighted by Gasteiger charge is -2.00. The number of rotatable bonds is 1. The molecule has 12 heavy (non-hydrogen) atoms. The van der Waals surface area contributed by atoms with Gasteiger partial charge in [0.1, 0.15) is 0 Å². The first-order valence-corrected chi connectivity index (χ1v) is 4.20. The van der Waals surface area contributed by atoms with E-state index < -0.39 is 0 Å². The Morgan fingerprint density at radius 3 is 2.58 bits per heavy atom. The van der Waals surface area contributed by atoms with Crippen LogP contribution in [0.3, 0.4) is 0 Å². The maximum atomic E-state index is 10.9. The van der Waals surface area contributed by atoms with Gasteiger partial charge < -0.3 is 5.21 Å². The van der Waals surface area contributed by atoms with Crippen molar-refractivity contribution in [1.82, 2.24) is 0 Å². The van der Waals surface area contributed by atoms with Crippen LogP contribution in [0.2, 0.25) is 0 Å². The van der Waals surface area contributed by atoms with E-state index in [-0.39, 0.29) is 0 Å². The van der Waals surface area contributed by atoms with E-state index in [1.165, 1.54) is 5.56 Å². The van der Waals surface area contributed by atoms with Gasteiger partial charge in [0.15, 0.2) is 12.8 Å². The van der Waals surface area contributed by atoms with Crippen molar-refractivity contribution in [2.75, 3.05) is 6.54 Å². The normalized spacial score (nSPS) is 22.3. The van der Waals surface area contributed by atoms with Crippen LogP contribution >= 0.6 is 0 Å². The fourth-order valence-electron chi connectivity index (χ4n) is 1.57. The molecule has 2 rings (SSSR count). The van der Waals surface area contributed by atoms with Crippen LogP contribution < -0.4 is 0 Å². The zero-order valence-corrected chi connectivity index (χ0v) is 6.81. The van der Waals surface area contributed by atoms with Crippen molar-refractivity contribution in [2.24, 2.45) is 0 Å². The van der Waals surface area contributed by atoms with E-state index >= 15 is 0 Å². The first-order valence-electron chi connectivity index (χ1n) is 4.20. The van der Waals surface area contributed by atoms with Gasteiger partial charge in [-0.25, -0.2) is 4.74 Å². The van der Waals surface area contributed by atoms with Crippen molar-refractivity contribution in [3.05, 3.63) is 41.1 Å². The average molecular weight is 161 g/mol. The molecule has 1 aliphatic heterocycles. The zero-order valence-electron chi connectivity index (χ0n) is 6.81. The van der Waals surface area contributed by atoms with Gasteiger partial charge in [-0.1, -0.05) is 30.3 Å². The van der Waals surface area contributed by atoms with Crippen LogP contribution in [0.5, 0.6) is 0 Å². The van der Waals surface area contributed by atoms with Gasteiger partial charge in [-0.3, -0.25) is 0 Å². The van der Waals surface area contributed by atoms with Crippen LogP contribution in [0.4, 0.5) is 0 Å². The molecule has 1 aromatic rings. The standard InChI is InChI=1S/C10H11NO/c12-11-7-6-10(8-11)9-4-2-1-3-5-9/h1-5,8,10H,6-7H2. The molecule has 0 saturated heterocycles. The van der Waals surface area contributed by atoms with E-state index in [1.54, 1.807) is 6.21 Å². The van der Waals surface area contributed by atoms with Crippen LogP contribution in [-0.4, -0.2) is 17.5 Å². The largest absolute Gasteiger partial charge is 0.624 e. The van der Waals surface area contributed by atoms with Crippen molar-refractivity contribution >= 4 is 6.21 Å². The van der Waals surface area contributed by atoms with E-state index in [2.05, 4.69) is 12.1 Å². The van der Waals surface area contributed by atoms with E-state index in [1.807, 2.05) is 18.2 Å². The van der Waals surface area contributed by atoms with Crippen LogP contribution in [0.25, 0.3) is 0 Å². The van der Waals surface area contributed by atoms with Crippen molar-refractivity contribution in [2.45, 2.75) is 12.3 Å². The highest BCUT2D eigenvalue weighted by molar-refractivity contribution is 5.64. The minimum atomic E-state index is 0.337. The minimum Gasteiger partial charge on any atom is -0.624 e. The van der Waals surface area contributed by atoms with Crippen LogP contribution in [0.15, 0.2) is 30.3 Å². The van der Waals surface area contributed by atoms with Gasteiger partial charge in [-0.05, 0) is 5.56 Å². The predicted octanol–water partition coefficient (Wildman–Crippen LogP) is 1.75. The van der Waals surface area contributed by atoms with E-state index in [9.17, 15) is 5.21 Å². The highest BCUT2D eigenvalue weighted by Gasteiger charge is 2.19. The molecule has 1 aliphatic rings. The van der Waals surface area contributed by atoms with Gasteiger partial charge in [0.25, 0.3) is 0 Å². The summed E-state index contributed by atoms with van der Waals surface area (Å²) in [6.45, 7) is 0.638. The molecule has 1 unspecified atom stereocenters. The maximum Gasteiger partial charge on any atom is 0.158 e. The highest BCUT2D eigenvalue weighted by atomic mass is 16.5. The second-order valence-electron chi connectivity index (χ2n) is 3.10. The second kappa shape index (κ2) is 2.97. The third kappa shape index (κ3) is 1.33. The molecule has 0 aromatic heterocycles. The van der Waals surface area contributed by atoms with Gasteiger partial charge in [-0.2, -0.15) is 0 Å². The second-order valence-corrected chi connectivity index (χ2v) is 3.10. The topological polar surface area (TPSA) is 26.1 Å². The summed E-state index contributed by atoms with van der Waals surface area (Å²) in [5.74, 6) is 0.337. The van der Waals surface area contributed by atoms with Gasteiger partial charge in [0.2, 0.25) is 0 Å². The maximum absolute atomic E-state index is 10.9. The molecule has 1 heterocycles. The number of hydroxylamine groups is 1. The summed E-state index contributed by atoms with van der Waals surface area (Å²) in [4.78, 5) is 0. The molecule has 0 N–H and O–H groups in total. The van der Waals surface area contributed by atoms with E-state index in [4.69, 9.17) is 0 Å². The number of nitrogens with zero attached hydrogens (tertiary/aromatic N) is 1. The molecule has 1 aromatic carbocycles. The lowest BCUT2D eigenvalue weighted by molar-refractivity contribution is -0.443. The summed E-state index contributed by atoms with van der Waals surface area (Å²) in [6.07, 6.45) is 2.71. The Balaban J connectivity index is 2.22. The Bertz CT molecular complexity index is 292. The van der Waals surface area contributed by atoms with Gasteiger partial charge in [0.05, 0.1) is 5.92 Å². The van der Waals surface area contributed by atoms with Gasteiger partial charge in [0, 0.05) is 6.42 Å². The van der Waals surface area contributed by atoms with Crippen LogP contribution in [0.1, 0.15) is 17.9 Å². The average Bonchev–Trinajstić information content (AvgIpc) is 2.54. The fraction of sp³-hybridized carbons (Fsp3) is 0.300. The lowest BCUT2D eigenvalue weighted by Crippen LogP contribution is -1.96. The third-order valence-corrected chi connectivity index (χ3v) is 2.23. The van der Waals surface area contributed by atoms with Gasteiger partial charge in [-0.15, -0.1) is 0 Å². The first kappa shape index (κ1) is 7.35. The van der Waals surface area contributed by atoms with Crippen molar-refractivity contribution in [1.29, 1.82) is 0 Å². The molecular formula is C10H11NO. The molecule has 0 radical (unpaired) electrons. The summed E-state index contributed by atoms with van der Waals surface area (Å²) in [5.41, 5.74) is 1.25. The summed E-state index contributed by atoms with van der Waals surface area (Å²) in [6, 6.07) is 10.2. The predicted molar refractivity (Wildman–Crippen MR) is 48.4 cm³/mol. The number of hydrogen-bond acceptors (Lipinski definition) is 1. The minimum absolute atomic E-state index is 0.337. The molecule has 0 fully saturated rings. The molecule has 0 aliphatic carbocycles. The molecule has 62 valence electrons. The first-order chi connectivity index (χ1) is 5.86. The molecule has 0 saturated carbocycles. The van der Waals surface area contributed by atoms with Gasteiger partial charge >= 0.3 is 0 Å². The van der Waals surface area contributed by atoms with E-state index in [0.717, 1.165) is 11.2 Å². The lowest BCUT2D eigenvalue weighted by atomic mass is 9.99. The number of hydrogen-bond donors (Lipinski definition) is 0. The third-order valence-electron chi connectivity index (χ3n) is 2.23. The molecule has 2 nitrogen and oxygen atoms in total.